The maximum atomic E-state index is 13.3. The Balaban J connectivity index is 0.846. The van der Waals surface area contributed by atoms with Gasteiger partial charge in [-0.1, -0.05) is 11.6 Å². The number of aryl methyl sites for hydroxylation is 1. The second kappa shape index (κ2) is 15.8. The molecule has 0 unspecified atom stereocenters. The van der Waals surface area contributed by atoms with Gasteiger partial charge >= 0.3 is 0 Å². The molecule has 302 valence electrons. The number of ether oxygens (including phenoxy) is 1. The van der Waals surface area contributed by atoms with Gasteiger partial charge in [-0.2, -0.15) is 4.98 Å². The summed E-state index contributed by atoms with van der Waals surface area (Å²) in [5.74, 6) is -0.540. The third kappa shape index (κ3) is 7.61. The Morgan fingerprint density at radius 1 is 0.931 bits per heavy atom. The standard InChI is InChI=1S/C41H44ClN9O7/c1-23(52)24(2)58-34-19-26-18-27(4-7-32(26)47(3)40(34)57)44-36-31(42)21-43-41(46-36)50-12-10-25(11-13-50)22-48-14-16-49(17-15-48)28-5-6-29-30(20-28)39(56)51(38(29)55)33-8-9-35(53)45-37(33)54/h4-7,18-21,24-25,33H,8-17,22H2,1-3H3,(H,43,44,46)(H,45,53,54)/t24-,33+/m0/s1. The zero-order valence-electron chi connectivity index (χ0n) is 32.5. The molecule has 3 saturated heterocycles. The molecule has 4 aliphatic heterocycles. The number of rotatable bonds is 10. The Bertz CT molecular complexity index is 2410. The minimum atomic E-state index is -0.986. The molecule has 6 heterocycles. The number of benzene rings is 2. The van der Waals surface area contributed by atoms with Gasteiger partial charge in [0.15, 0.2) is 23.5 Å². The molecule has 2 N–H and O–H groups in total. The molecule has 8 rings (SSSR count). The summed E-state index contributed by atoms with van der Waals surface area (Å²) < 4.78 is 7.17. The molecule has 4 amide bonds. The summed E-state index contributed by atoms with van der Waals surface area (Å²) in [4.78, 5) is 92.4. The van der Waals surface area contributed by atoms with E-state index in [4.69, 9.17) is 21.3 Å². The van der Waals surface area contributed by atoms with Crippen molar-refractivity contribution in [3.63, 3.8) is 0 Å². The van der Waals surface area contributed by atoms with Gasteiger partial charge in [-0.15, -0.1) is 0 Å². The minimum absolute atomic E-state index is 0.0816. The highest BCUT2D eigenvalue weighted by molar-refractivity contribution is 6.33. The van der Waals surface area contributed by atoms with Crippen LogP contribution in [0.2, 0.25) is 5.02 Å². The smallest absolute Gasteiger partial charge is 0.293 e. The summed E-state index contributed by atoms with van der Waals surface area (Å²) >= 11 is 6.56. The predicted molar refractivity (Wildman–Crippen MR) is 217 cm³/mol. The van der Waals surface area contributed by atoms with Crippen molar-refractivity contribution in [3.05, 3.63) is 75.2 Å². The summed E-state index contributed by atoms with van der Waals surface area (Å²) in [6, 6.07) is 11.5. The number of nitrogens with one attached hydrogen (secondary N) is 2. The second-order valence-electron chi connectivity index (χ2n) is 15.4. The van der Waals surface area contributed by atoms with E-state index in [9.17, 15) is 28.8 Å². The van der Waals surface area contributed by atoms with Crippen LogP contribution in [0.15, 0.2) is 53.5 Å². The van der Waals surface area contributed by atoms with Crippen molar-refractivity contribution in [1.82, 2.24) is 29.7 Å². The number of amides is 4. The van der Waals surface area contributed by atoms with Gasteiger partial charge in [-0.3, -0.25) is 43.9 Å². The first-order chi connectivity index (χ1) is 27.8. The van der Waals surface area contributed by atoms with E-state index in [1.165, 1.54) is 11.5 Å². The van der Waals surface area contributed by atoms with Crippen molar-refractivity contribution >= 4 is 75.1 Å². The number of piperidine rings is 2. The molecule has 4 aromatic rings. The highest BCUT2D eigenvalue weighted by Crippen LogP contribution is 2.33. The molecular formula is C41H44ClN9O7. The van der Waals surface area contributed by atoms with Gasteiger partial charge in [-0.05, 0) is 81.5 Å². The lowest BCUT2D eigenvalue weighted by Gasteiger charge is -2.39. The van der Waals surface area contributed by atoms with E-state index in [0.29, 0.717) is 39.5 Å². The van der Waals surface area contributed by atoms with Gasteiger partial charge in [0.25, 0.3) is 17.4 Å². The monoisotopic (exact) mass is 809 g/mol. The molecule has 17 heteroatoms. The summed E-state index contributed by atoms with van der Waals surface area (Å²) in [5.41, 5.74) is 2.52. The van der Waals surface area contributed by atoms with Crippen LogP contribution < -0.4 is 30.7 Å². The van der Waals surface area contributed by atoms with Crippen LogP contribution in [0.25, 0.3) is 10.9 Å². The number of anilines is 4. The normalized spacial score (nSPS) is 19.7. The number of piperazine rings is 1. The van der Waals surface area contributed by atoms with Crippen LogP contribution in [0.1, 0.15) is 60.2 Å². The number of carbonyl (C=O) groups excluding carboxylic acids is 5. The van der Waals surface area contributed by atoms with Crippen molar-refractivity contribution in [2.24, 2.45) is 13.0 Å². The van der Waals surface area contributed by atoms with Gasteiger partial charge in [0.2, 0.25) is 17.8 Å². The topological polar surface area (TPSA) is 179 Å². The molecule has 2 aromatic heterocycles. The number of nitrogens with zero attached hydrogens (tertiary/aromatic N) is 7. The van der Waals surface area contributed by atoms with Crippen LogP contribution in [-0.4, -0.2) is 112 Å². The highest BCUT2D eigenvalue weighted by Gasteiger charge is 2.45. The van der Waals surface area contributed by atoms with Crippen molar-refractivity contribution in [2.75, 3.05) is 60.9 Å². The largest absolute Gasteiger partial charge is 0.477 e. The van der Waals surface area contributed by atoms with Gasteiger partial charge < -0.3 is 24.4 Å². The van der Waals surface area contributed by atoms with Gasteiger partial charge in [0.05, 0.1) is 22.8 Å². The molecule has 0 radical (unpaired) electrons. The maximum Gasteiger partial charge on any atom is 0.293 e. The quantitative estimate of drug-likeness (QED) is 0.223. The Morgan fingerprint density at radius 2 is 1.67 bits per heavy atom. The molecule has 16 nitrogen and oxygen atoms in total. The molecule has 0 saturated carbocycles. The number of ketones is 1. The van der Waals surface area contributed by atoms with Gasteiger partial charge in [0, 0.05) is 76.0 Å². The van der Waals surface area contributed by atoms with Crippen LogP contribution in [0.4, 0.5) is 23.1 Å². The first-order valence-electron chi connectivity index (χ1n) is 19.5. The first kappa shape index (κ1) is 39.0. The summed E-state index contributed by atoms with van der Waals surface area (Å²) in [6.45, 7) is 8.87. The fraction of sp³-hybridized carbons (Fsp3) is 0.415. The van der Waals surface area contributed by atoms with E-state index < -0.39 is 35.8 Å². The summed E-state index contributed by atoms with van der Waals surface area (Å²) in [5, 5.41) is 6.65. The molecule has 0 bridgehead atoms. The minimum Gasteiger partial charge on any atom is -0.477 e. The van der Waals surface area contributed by atoms with Crippen molar-refractivity contribution in [1.29, 1.82) is 0 Å². The summed E-state index contributed by atoms with van der Waals surface area (Å²) in [6.07, 6.45) is 3.02. The summed E-state index contributed by atoms with van der Waals surface area (Å²) in [7, 11) is 1.66. The number of imide groups is 2. The van der Waals surface area contributed by atoms with E-state index in [-0.39, 0.29) is 35.5 Å². The van der Waals surface area contributed by atoms with Gasteiger partial charge in [0.1, 0.15) is 11.1 Å². The number of carbonyl (C=O) groups is 5. The lowest BCUT2D eigenvalue weighted by molar-refractivity contribution is -0.136. The molecule has 3 fully saturated rings. The lowest BCUT2D eigenvalue weighted by Crippen LogP contribution is -2.54. The van der Waals surface area contributed by atoms with E-state index in [1.54, 1.807) is 38.4 Å². The van der Waals surface area contributed by atoms with Crippen LogP contribution in [-0.2, 0) is 21.4 Å². The maximum absolute atomic E-state index is 13.3. The SMILES string of the molecule is CC(=O)[C@H](C)Oc1cc2cc(Nc3nc(N4CCC(CN5CCN(c6ccc7c(c6)C(=O)N([C@@H]6CCC(=O)NC6=O)C7=O)CC5)CC4)ncc3Cl)ccc2n(C)c1=O. The number of fused-ring (bicyclic) bond motifs is 2. The Labute approximate surface area is 339 Å². The average Bonchev–Trinajstić information content (AvgIpc) is 3.46. The number of hydrogen-bond acceptors (Lipinski definition) is 13. The number of aromatic nitrogens is 3. The Morgan fingerprint density at radius 3 is 2.40 bits per heavy atom. The fourth-order valence-electron chi connectivity index (χ4n) is 8.15. The van der Waals surface area contributed by atoms with Crippen molar-refractivity contribution < 1.29 is 28.7 Å². The van der Waals surface area contributed by atoms with Crippen LogP contribution in [0.5, 0.6) is 5.75 Å². The first-order valence-corrected chi connectivity index (χ1v) is 19.9. The predicted octanol–water partition coefficient (Wildman–Crippen LogP) is 3.52. The number of pyridine rings is 1. The molecule has 58 heavy (non-hydrogen) atoms. The molecule has 0 aliphatic carbocycles. The van der Waals surface area contributed by atoms with Gasteiger partial charge in [-0.25, -0.2) is 4.98 Å². The number of Topliss-reactive ketones (excluding diaryl/α,β-unsaturated/α-hetero) is 1. The van der Waals surface area contributed by atoms with E-state index >= 15 is 0 Å². The molecule has 2 atom stereocenters. The third-order valence-electron chi connectivity index (χ3n) is 11.6. The molecule has 2 aromatic carbocycles. The Kier molecular flexibility index (Phi) is 10.6. The van der Waals surface area contributed by atoms with E-state index in [0.717, 1.165) is 74.6 Å². The zero-order chi connectivity index (χ0) is 40.8. The molecule has 0 spiro atoms. The second-order valence-corrected chi connectivity index (χ2v) is 15.8. The van der Waals surface area contributed by atoms with E-state index in [2.05, 4.69) is 30.3 Å². The fourth-order valence-corrected chi connectivity index (χ4v) is 8.29. The number of hydrogen-bond donors (Lipinski definition) is 2. The van der Waals surface area contributed by atoms with Crippen molar-refractivity contribution in [3.8, 4) is 5.75 Å². The highest BCUT2D eigenvalue weighted by atomic mass is 35.5. The van der Waals surface area contributed by atoms with Crippen LogP contribution in [0.3, 0.4) is 0 Å². The zero-order valence-corrected chi connectivity index (χ0v) is 33.3. The number of halogens is 1. The molecular weight excluding hydrogens is 766 g/mol. The average molecular weight is 810 g/mol. The lowest BCUT2D eigenvalue weighted by atomic mass is 9.96. The van der Waals surface area contributed by atoms with E-state index in [1.807, 2.05) is 24.3 Å². The van der Waals surface area contributed by atoms with Crippen LogP contribution >= 0.6 is 11.6 Å². The van der Waals surface area contributed by atoms with Crippen molar-refractivity contribution in [2.45, 2.75) is 51.7 Å². The third-order valence-corrected chi connectivity index (χ3v) is 11.9. The Hall–Kier alpha value is -5.87. The van der Waals surface area contributed by atoms with Crippen LogP contribution in [0, 0.1) is 5.92 Å². The molecule has 4 aliphatic rings.